The number of pyridine rings is 1. The molecular weight excluding hydrogens is 366 g/mol. The zero-order chi connectivity index (χ0) is 20.2. The van der Waals surface area contributed by atoms with Gasteiger partial charge in [-0.15, -0.1) is 0 Å². The van der Waals surface area contributed by atoms with E-state index < -0.39 is 0 Å². The smallest absolute Gasteiger partial charge is 0.266 e. The standard InChI is InChI=1S/C22H29N5O2/c1-25-19(3-2-4-21(25)28)16-26-13-9-17(10-14-26)15-27-22(29)6-5-20(24-27)18-7-11-23-12-8-18/h5-8,11-12,17,19H,2-4,9-10,13-16H2,1H3. The first-order chi connectivity index (χ1) is 14.1. The minimum Gasteiger partial charge on any atom is -0.341 e. The van der Waals surface area contributed by atoms with Gasteiger partial charge in [0.1, 0.15) is 0 Å². The number of likely N-dealkylation sites (N-methyl/N-ethyl adjacent to an activating group) is 1. The van der Waals surface area contributed by atoms with E-state index in [1.807, 2.05) is 24.1 Å². The van der Waals surface area contributed by atoms with Gasteiger partial charge in [-0.1, -0.05) is 0 Å². The van der Waals surface area contributed by atoms with E-state index in [-0.39, 0.29) is 11.5 Å². The highest BCUT2D eigenvalue weighted by Gasteiger charge is 2.28. The monoisotopic (exact) mass is 395 g/mol. The molecule has 1 atom stereocenters. The van der Waals surface area contributed by atoms with Crippen LogP contribution in [-0.4, -0.2) is 63.2 Å². The number of aromatic nitrogens is 3. The van der Waals surface area contributed by atoms with E-state index in [2.05, 4.69) is 15.0 Å². The fourth-order valence-electron chi connectivity index (χ4n) is 4.43. The second kappa shape index (κ2) is 8.86. The summed E-state index contributed by atoms with van der Waals surface area (Å²) < 4.78 is 1.61. The van der Waals surface area contributed by atoms with E-state index in [1.54, 1.807) is 29.2 Å². The van der Waals surface area contributed by atoms with Crippen molar-refractivity contribution >= 4 is 5.91 Å². The third-order valence-electron chi connectivity index (χ3n) is 6.32. The van der Waals surface area contributed by atoms with E-state index in [0.717, 1.165) is 56.6 Å². The number of nitrogens with zero attached hydrogens (tertiary/aromatic N) is 5. The van der Waals surface area contributed by atoms with Gasteiger partial charge in [0.15, 0.2) is 0 Å². The van der Waals surface area contributed by atoms with E-state index in [0.29, 0.717) is 24.9 Å². The lowest BCUT2D eigenvalue weighted by Gasteiger charge is -2.39. The van der Waals surface area contributed by atoms with Crippen LogP contribution in [0.2, 0.25) is 0 Å². The maximum atomic E-state index is 12.3. The second-order valence-electron chi connectivity index (χ2n) is 8.27. The number of rotatable bonds is 5. The number of amides is 1. The van der Waals surface area contributed by atoms with Crippen molar-refractivity contribution in [1.29, 1.82) is 0 Å². The van der Waals surface area contributed by atoms with E-state index in [4.69, 9.17) is 0 Å². The molecule has 2 saturated heterocycles. The van der Waals surface area contributed by atoms with Gasteiger partial charge >= 0.3 is 0 Å². The zero-order valence-electron chi connectivity index (χ0n) is 17.0. The fourth-order valence-corrected chi connectivity index (χ4v) is 4.43. The lowest BCUT2D eigenvalue weighted by atomic mass is 9.95. The molecule has 0 aromatic carbocycles. The average molecular weight is 396 g/mol. The molecule has 29 heavy (non-hydrogen) atoms. The van der Waals surface area contributed by atoms with E-state index in [9.17, 15) is 9.59 Å². The predicted octanol–water partition coefficient (Wildman–Crippen LogP) is 2.03. The van der Waals surface area contributed by atoms with Crippen LogP contribution in [0, 0.1) is 5.92 Å². The number of hydrogen-bond acceptors (Lipinski definition) is 5. The average Bonchev–Trinajstić information content (AvgIpc) is 2.75. The van der Waals surface area contributed by atoms with Crippen molar-refractivity contribution in [3.8, 4) is 11.3 Å². The van der Waals surface area contributed by atoms with Crippen molar-refractivity contribution in [1.82, 2.24) is 24.6 Å². The first kappa shape index (κ1) is 19.8. The first-order valence-corrected chi connectivity index (χ1v) is 10.6. The molecule has 2 aromatic rings. The number of hydrogen-bond donors (Lipinski definition) is 0. The molecule has 2 aromatic heterocycles. The summed E-state index contributed by atoms with van der Waals surface area (Å²) in [7, 11) is 1.94. The molecule has 2 aliphatic heterocycles. The number of carbonyl (C=O) groups is 1. The van der Waals surface area contributed by atoms with Gasteiger partial charge in [-0.25, -0.2) is 4.68 Å². The normalized spacial score (nSPS) is 21.5. The minimum absolute atomic E-state index is 0.0485. The molecule has 0 spiro atoms. The third-order valence-corrected chi connectivity index (χ3v) is 6.32. The van der Waals surface area contributed by atoms with E-state index in [1.165, 1.54) is 0 Å². The van der Waals surface area contributed by atoms with Crippen LogP contribution < -0.4 is 5.56 Å². The maximum absolute atomic E-state index is 12.3. The van der Waals surface area contributed by atoms with Gasteiger partial charge in [-0.05, 0) is 62.9 Å². The molecule has 0 N–H and O–H groups in total. The largest absolute Gasteiger partial charge is 0.341 e. The lowest BCUT2D eigenvalue weighted by molar-refractivity contribution is -0.135. The van der Waals surface area contributed by atoms with Gasteiger partial charge in [-0.3, -0.25) is 14.6 Å². The summed E-state index contributed by atoms with van der Waals surface area (Å²) in [6.45, 7) is 3.65. The topological polar surface area (TPSA) is 71.3 Å². The molecule has 1 amide bonds. The number of piperidine rings is 2. The number of carbonyl (C=O) groups excluding carboxylic acids is 1. The third kappa shape index (κ3) is 4.72. The summed E-state index contributed by atoms with van der Waals surface area (Å²) in [5.74, 6) is 0.727. The Labute approximate surface area is 171 Å². The van der Waals surface area contributed by atoms with Gasteiger partial charge in [0.2, 0.25) is 5.91 Å². The molecule has 0 bridgehead atoms. The Morgan fingerprint density at radius 3 is 2.52 bits per heavy atom. The van der Waals surface area contributed by atoms with Crippen LogP contribution in [0.3, 0.4) is 0 Å². The molecule has 4 rings (SSSR count). The molecule has 2 aliphatic rings. The van der Waals surface area contributed by atoms with Crippen LogP contribution in [0.1, 0.15) is 32.1 Å². The van der Waals surface area contributed by atoms with Crippen LogP contribution in [0.25, 0.3) is 11.3 Å². The van der Waals surface area contributed by atoms with Gasteiger partial charge in [-0.2, -0.15) is 5.10 Å². The highest BCUT2D eigenvalue weighted by Crippen LogP contribution is 2.22. The molecule has 2 fully saturated rings. The van der Waals surface area contributed by atoms with Gasteiger partial charge in [0, 0.05) is 56.6 Å². The van der Waals surface area contributed by atoms with Crippen molar-refractivity contribution < 1.29 is 4.79 Å². The molecule has 0 saturated carbocycles. The van der Waals surface area contributed by atoms with Crippen molar-refractivity contribution in [2.24, 2.45) is 5.92 Å². The Morgan fingerprint density at radius 1 is 1.00 bits per heavy atom. The summed E-state index contributed by atoms with van der Waals surface area (Å²) in [4.78, 5) is 32.7. The Bertz CT molecular complexity index is 890. The molecule has 1 unspecified atom stereocenters. The van der Waals surface area contributed by atoms with Crippen molar-refractivity contribution in [2.45, 2.75) is 44.7 Å². The zero-order valence-corrected chi connectivity index (χ0v) is 17.0. The Hall–Kier alpha value is -2.54. The van der Waals surface area contributed by atoms with Crippen LogP contribution in [0.5, 0.6) is 0 Å². The predicted molar refractivity (Wildman–Crippen MR) is 111 cm³/mol. The SMILES string of the molecule is CN1C(=O)CCCC1CN1CCC(Cn2nc(-c3ccncc3)ccc2=O)CC1. The lowest BCUT2D eigenvalue weighted by Crippen LogP contribution is -2.49. The molecule has 4 heterocycles. The van der Waals surface area contributed by atoms with Crippen molar-refractivity contribution in [3.05, 3.63) is 47.0 Å². The van der Waals surface area contributed by atoms with Gasteiger partial charge < -0.3 is 9.80 Å². The molecule has 154 valence electrons. The molecule has 7 heteroatoms. The highest BCUT2D eigenvalue weighted by atomic mass is 16.2. The summed E-state index contributed by atoms with van der Waals surface area (Å²) in [5, 5.41) is 4.59. The quantitative estimate of drug-likeness (QED) is 0.775. The molecule has 7 nitrogen and oxygen atoms in total. The molecule has 0 aliphatic carbocycles. The van der Waals surface area contributed by atoms with Crippen LogP contribution in [-0.2, 0) is 11.3 Å². The highest BCUT2D eigenvalue weighted by molar-refractivity contribution is 5.76. The summed E-state index contributed by atoms with van der Waals surface area (Å²) in [6, 6.07) is 7.53. The molecular formula is C22H29N5O2. The summed E-state index contributed by atoms with van der Waals surface area (Å²) in [5.41, 5.74) is 1.72. The Kier molecular flexibility index (Phi) is 6.04. The Balaban J connectivity index is 1.34. The second-order valence-corrected chi connectivity index (χ2v) is 8.27. The minimum atomic E-state index is -0.0485. The molecule has 0 radical (unpaired) electrons. The maximum Gasteiger partial charge on any atom is 0.266 e. The fraction of sp³-hybridized carbons (Fsp3) is 0.545. The van der Waals surface area contributed by atoms with E-state index >= 15 is 0 Å². The van der Waals surface area contributed by atoms with Crippen molar-refractivity contribution in [2.75, 3.05) is 26.7 Å². The Morgan fingerprint density at radius 2 is 1.76 bits per heavy atom. The van der Waals surface area contributed by atoms with Gasteiger partial charge in [0.05, 0.1) is 5.69 Å². The number of likely N-dealkylation sites (tertiary alicyclic amines) is 2. The van der Waals surface area contributed by atoms with Crippen molar-refractivity contribution in [3.63, 3.8) is 0 Å². The summed E-state index contributed by atoms with van der Waals surface area (Å²) >= 11 is 0. The first-order valence-electron chi connectivity index (χ1n) is 10.6. The van der Waals surface area contributed by atoms with Crippen LogP contribution in [0.4, 0.5) is 0 Å². The summed E-state index contributed by atoms with van der Waals surface area (Å²) in [6.07, 6.45) is 8.38. The van der Waals surface area contributed by atoms with Crippen LogP contribution in [0.15, 0.2) is 41.5 Å². The van der Waals surface area contributed by atoms with Gasteiger partial charge in [0.25, 0.3) is 5.56 Å². The van der Waals surface area contributed by atoms with Crippen LogP contribution >= 0.6 is 0 Å².